The highest BCUT2D eigenvalue weighted by Gasteiger charge is 2.20. The van der Waals surface area contributed by atoms with Gasteiger partial charge < -0.3 is 4.90 Å². The number of para-hydroxylation sites is 1. The Morgan fingerprint density at radius 3 is 2.63 bits per heavy atom. The van der Waals surface area contributed by atoms with Crippen molar-refractivity contribution in [3.8, 4) is 0 Å². The summed E-state index contributed by atoms with van der Waals surface area (Å²) in [6, 6.07) is 10.5. The Balaban J connectivity index is 2.41. The van der Waals surface area contributed by atoms with Gasteiger partial charge in [0.15, 0.2) is 0 Å². The first-order chi connectivity index (χ1) is 9.15. The van der Waals surface area contributed by atoms with E-state index < -0.39 is 5.95 Å². The number of benzene rings is 1. The lowest BCUT2D eigenvalue weighted by atomic mass is 10.1. The predicted molar refractivity (Wildman–Crippen MR) is 72.7 cm³/mol. The number of aromatic nitrogens is 1. The third-order valence-corrected chi connectivity index (χ3v) is 2.96. The highest BCUT2D eigenvalue weighted by atomic mass is 19.1. The predicted octanol–water partition coefficient (Wildman–Crippen LogP) is 3.20. The molecule has 0 bridgehead atoms. The fourth-order valence-electron chi connectivity index (χ4n) is 1.98. The van der Waals surface area contributed by atoms with Crippen molar-refractivity contribution in [1.29, 1.82) is 0 Å². The third-order valence-electron chi connectivity index (χ3n) is 2.96. The van der Waals surface area contributed by atoms with E-state index in [1.54, 1.807) is 11.0 Å². The zero-order chi connectivity index (χ0) is 13.8. The summed E-state index contributed by atoms with van der Waals surface area (Å²) in [5, 5.41) is 0. The van der Waals surface area contributed by atoms with E-state index in [4.69, 9.17) is 0 Å². The molecular weight excluding hydrogens is 243 g/mol. The SMILES string of the molecule is CCN(C(=O)c1cccnc1F)c1ccccc1C. The molecule has 3 nitrogen and oxygen atoms in total. The second-order valence-electron chi connectivity index (χ2n) is 4.18. The van der Waals surface area contributed by atoms with E-state index in [-0.39, 0.29) is 11.5 Å². The van der Waals surface area contributed by atoms with Crippen molar-refractivity contribution in [2.75, 3.05) is 11.4 Å². The Morgan fingerprint density at radius 1 is 1.26 bits per heavy atom. The number of carbonyl (C=O) groups is 1. The first kappa shape index (κ1) is 13.2. The number of pyridine rings is 1. The van der Waals surface area contributed by atoms with Crippen LogP contribution in [-0.4, -0.2) is 17.4 Å². The molecule has 0 unspecified atom stereocenters. The fraction of sp³-hybridized carbons (Fsp3) is 0.200. The molecular formula is C15H15FN2O. The minimum atomic E-state index is -0.737. The van der Waals surface area contributed by atoms with Gasteiger partial charge in [0.25, 0.3) is 5.91 Å². The van der Waals surface area contributed by atoms with E-state index in [9.17, 15) is 9.18 Å². The van der Waals surface area contributed by atoms with Gasteiger partial charge in [-0.15, -0.1) is 0 Å². The summed E-state index contributed by atoms with van der Waals surface area (Å²) in [4.78, 5) is 17.5. The third kappa shape index (κ3) is 2.62. The van der Waals surface area contributed by atoms with Crippen LogP contribution in [-0.2, 0) is 0 Å². The molecule has 0 N–H and O–H groups in total. The maximum Gasteiger partial charge on any atom is 0.262 e. The van der Waals surface area contributed by atoms with Gasteiger partial charge in [-0.3, -0.25) is 4.79 Å². The van der Waals surface area contributed by atoms with Crippen LogP contribution >= 0.6 is 0 Å². The number of halogens is 1. The number of carbonyl (C=O) groups excluding carboxylic acids is 1. The van der Waals surface area contributed by atoms with Gasteiger partial charge in [-0.2, -0.15) is 4.39 Å². The molecule has 0 aliphatic heterocycles. The summed E-state index contributed by atoms with van der Waals surface area (Å²) in [7, 11) is 0. The monoisotopic (exact) mass is 258 g/mol. The Bertz CT molecular complexity index is 598. The smallest absolute Gasteiger partial charge is 0.262 e. The Labute approximate surface area is 111 Å². The van der Waals surface area contributed by atoms with Crippen molar-refractivity contribution in [3.63, 3.8) is 0 Å². The standard InChI is InChI=1S/C15H15FN2O/c1-3-18(13-9-5-4-7-11(13)2)15(19)12-8-6-10-17-14(12)16/h4-10H,3H2,1-2H3. The lowest BCUT2D eigenvalue weighted by Crippen LogP contribution is -2.32. The summed E-state index contributed by atoms with van der Waals surface area (Å²) in [6.07, 6.45) is 1.33. The van der Waals surface area contributed by atoms with Crippen LogP contribution in [0.4, 0.5) is 10.1 Å². The minimum Gasteiger partial charge on any atom is -0.308 e. The van der Waals surface area contributed by atoms with Gasteiger partial charge in [-0.25, -0.2) is 4.98 Å². The average molecular weight is 258 g/mol. The average Bonchev–Trinajstić information content (AvgIpc) is 2.42. The number of hydrogen-bond donors (Lipinski definition) is 0. The molecule has 1 amide bonds. The summed E-state index contributed by atoms with van der Waals surface area (Å²) >= 11 is 0. The molecule has 0 aliphatic rings. The van der Waals surface area contributed by atoms with E-state index in [2.05, 4.69) is 4.98 Å². The fourth-order valence-corrected chi connectivity index (χ4v) is 1.98. The molecule has 1 aromatic heterocycles. The molecule has 0 radical (unpaired) electrons. The van der Waals surface area contributed by atoms with Gasteiger partial charge in [-0.1, -0.05) is 18.2 Å². The van der Waals surface area contributed by atoms with Crippen molar-refractivity contribution < 1.29 is 9.18 Å². The quantitative estimate of drug-likeness (QED) is 0.792. The molecule has 0 atom stereocenters. The molecule has 4 heteroatoms. The van der Waals surface area contributed by atoms with E-state index >= 15 is 0 Å². The summed E-state index contributed by atoms with van der Waals surface area (Å²) in [5.41, 5.74) is 1.76. The highest BCUT2D eigenvalue weighted by Crippen LogP contribution is 2.21. The van der Waals surface area contributed by atoms with Crippen molar-refractivity contribution in [2.45, 2.75) is 13.8 Å². The molecule has 98 valence electrons. The largest absolute Gasteiger partial charge is 0.308 e. The second-order valence-corrected chi connectivity index (χ2v) is 4.18. The maximum atomic E-state index is 13.6. The molecule has 1 heterocycles. The van der Waals surface area contributed by atoms with Gasteiger partial charge in [0, 0.05) is 18.4 Å². The van der Waals surface area contributed by atoms with E-state index in [1.165, 1.54) is 12.3 Å². The molecule has 2 aromatic rings. The number of amides is 1. The summed E-state index contributed by atoms with van der Waals surface area (Å²) in [5.74, 6) is -1.11. The first-order valence-electron chi connectivity index (χ1n) is 6.13. The lowest BCUT2D eigenvalue weighted by Gasteiger charge is -2.22. The topological polar surface area (TPSA) is 33.2 Å². The van der Waals surface area contributed by atoms with Crippen molar-refractivity contribution in [3.05, 3.63) is 59.7 Å². The van der Waals surface area contributed by atoms with E-state index in [0.717, 1.165) is 11.3 Å². The number of hydrogen-bond acceptors (Lipinski definition) is 2. The van der Waals surface area contributed by atoms with E-state index in [0.29, 0.717) is 6.54 Å². The first-order valence-corrected chi connectivity index (χ1v) is 6.13. The van der Waals surface area contributed by atoms with Crippen molar-refractivity contribution in [1.82, 2.24) is 4.98 Å². The Kier molecular flexibility index (Phi) is 3.90. The van der Waals surface area contributed by atoms with Gasteiger partial charge in [-0.05, 0) is 37.6 Å². The Hall–Kier alpha value is -2.23. The van der Waals surface area contributed by atoms with Crippen LogP contribution < -0.4 is 4.90 Å². The normalized spacial score (nSPS) is 10.3. The van der Waals surface area contributed by atoms with Crippen LogP contribution in [0, 0.1) is 12.9 Å². The van der Waals surface area contributed by atoms with Gasteiger partial charge in [0.05, 0.1) is 5.56 Å². The molecule has 0 saturated heterocycles. The van der Waals surface area contributed by atoms with Crippen LogP contribution in [0.2, 0.25) is 0 Å². The van der Waals surface area contributed by atoms with Gasteiger partial charge in [0.1, 0.15) is 0 Å². The van der Waals surface area contributed by atoms with Crippen molar-refractivity contribution >= 4 is 11.6 Å². The molecule has 0 fully saturated rings. The molecule has 2 rings (SSSR count). The van der Waals surface area contributed by atoms with Gasteiger partial charge >= 0.3 is 0 Å². The number of anilines is 1. The highest BCUT2D eigenvalue weighted by molar-refractivity contribution is 6.06. The van der Waals surface area contributed by atoms with Crippen LogP contribution in [0.3, 0.4) is 0 Å². The molecule has 0 saturated carbocycles. The molecule has 0 spiro atoms. The second kappa shape index (κ2) is 5.61. The molecule has 0 aliphatic carbocycles. The zero-order valence-electron chi connectivity index (χ0n) is 10.9. The van der Waals surface area contributed by atoms with Crippen LogP contribution in [0.1, 0.15) is 22.8 Å². The number of rotatable bonds is 3. The number of aryl methyl sites for hydroxylation is 1. The molecule has 1 aromatic carbocycles. The molecule has 19 heavy (non-hydrogen) atoms. The summed E-state index contributed by atoms with van der Waals surface area (Å²) in [6.45, 7) is 4.25. The van der Waals surface area contributed by atoms with E-state index in [1.807, 2.05) is 38.1 Å². The Morgan fingerprint density at radius 2 is 2.00 bits per heavy atom. The zero-order valence-corrected chi connectivity index (χ0v) is 10.9. The maximum absolute atomic E-state index is 13.6. The van der Waals surface area contributed by atoms with Crippen LogP contribution in [0.25, 0.3) is 0 Å². The number of nitrogens with zero attached hydrogens (tertiary/aromatic N) is 2. The van der Waals surface area contributed by atoms with Crippen LogP contribution in [0.5, 0.6) is 0 Å². The van der Waals surface area contributed by atoms with Gasteiger partial charge in [0.2, 0.25) is 5.95 Å². The lowest BCUT2D eigenvalue weighted by molar-refractivity contribution is 0.0983. The van der Waals surface area contributed by atoms with Crippen LogP contribution in [0.15, 0.2) is 42.6 Å². The minimum absolute atomic E-state index is 0.00685. The van der Waals surface area contributed by atoms with Crippen molar-refractivity contribution in [2.24, 2.45) is 0 Å². The summed E-state index contributed by atoms with van der Waals surface area (Å²) < 4.78 is 13.6.